The molecule has 0 saturated carbocycles. The van der Waals surface area contributed by atoms with Crippen molar-refractivity contribution < 1.29 is 0 Å². The number of para-hydroxylation sites is 1. The number of aryl methyl sites for hydroxylation is 2. The molecule has 0 aromatic heterocycles. The van der Waals surface area contributed by atoms with Crippen molar-refractivity contribution in [2.75, 3.05) is 4.90 Å². The average Bonchev–Trinajstić information content (AvgIpc) is 2.86. The molecule has 0 aliphatic heterocycles. The highest BCUT2D eigenvalue weighted by Crippen LogP contribution is 2.34. The molecule has 0 atom stereocenters. The number of anilines is 3. The van der Waals surface area contributed by atoms with Crippen LogP contribution >= 0.6 is 0 Å². The monoisotopic (exact) mass is 429 g/mol. The first-order chi connectivity index (χ1) is 16.2. The van der Waals surface area contributed by atoms with Crippen LogP contribution < -0.4 is 4.90 Å². The first kappa shape index (κ1) is 22.4. The summed E-state index contributed by atoms with van der Waals surface area (Å²) in [6.45, 7) is 4.33. The third-order valence-corrected chi connectivity index (χ3v) is 5.66. The first-order valence-electron chi connectivity index (χ1n) is 11.7. The van der Waals surface area contributed by atoms with E-state index in [1.54, 1.807) is 0 Å². The summed E-state index contributed by atoms with van der Waals surface area (Å²) >= 11 is 0. The van der Waals surface area contributed by atoms with E-state index < -0.39 is 0 Å². The van der Waals surface area contributed by atoms with Crippen molar-refractivity contribution in [2.45, 2.75) is 26.7 Å². The lowest BCUT2D eigenvalue weighted by molar-refractivity contribution is 0.922. The van der Waals surface area contributed by atoms with Crippen molar-refractivity contribution in [1.82, 2.24) is 0 Å². The van der Waals surface area contributed by atoms with E-state index in [2.05, 4.69) is 146 Å². The molecule has 164 valence electrons. The molecular weight excluding hydrogens is 398 g/mol. The van der Waals surface area contributed by atoms with Gasteiger partial charge in [-0.1, -0.05) is 110 Å². The molecule has 4 aromatic rings. The van der Waals surface area contributed by atoms with Crippen LogP contribution in [-0.2, 0) is 6.42 Å². The van der Waals surface area contributed by atoms with Crippen LogP contribution in [0.3, 0.4) is 0 Å². The van der Waals surface area contributed by atoms with Gasteiger partial charge in [0.25, 0.3) is 0 Å². The predicted octanol–water partition coefficient (Wildman–Crippen LogP) is 9.14. The van der Waals surface area contributed by atoms with E-state index in [9.17, 15) is 0 Å². The Morgan fingerprint density at radius 3 is 1.61 bits per heavy atom. The number of benzene rings is 4. The molecular formula is C32H31N. The zero-order valence-corrected chi connectivity index (χ0v) is 19.5. The molecule has 4 aromatic carbocycles. The van der Waals surface area contributed by atoms with Gasteiger partial charge < -0.3 is 4.90 Å². The van der Waals surface area contributed by atoms with Gasteiger partial charge in [0.2, 0.25) is 0 Å². The Bertz CT molecular complexity index is 1180. The third-order valence-electron chi connectivity index (χ3n) is 5.66. The van der Waals surface area contributed by atoms with E-state index in [1.807, 2.05) is 0 Å². The Morgan fingerprint density at radius 2 is 1.06 bits per heavy atom. The highest BCUT2D eigenvalue weighted by Gasteiger charge is 2.11. The molecule has 0 fully saturated rings. The van der Waals surface area contributed by atoms with E-state index in [0.29, 0.717) is 0 Å². The predicted molar refractivity (Wildman–Crippen MR) is 144 cm³/mol. The molecule has 0 N–H and O–H groups in total. The molecule has 0 aliphatic rings. The summed E-state index contributed by atoms with van der Waals surface area (Å²) < 4.78 is 0. The van der Waals surface area contributed by atoms with Crippen LogP contribution in [0.4, 0.5) is 17.1 Å². The summed E-state index contributed by atoms with van der Waals surface area (Å²) in [5.74, 6) is 0. The van der Waals surface area contributed by atoms with E-state index >= 15 is 0 Å². The minimum Gasteiger partial charge on any atom is -0.311 e. The van der Waals surface area contributed by atoms with Crippen molar-refractivity contribution in [3.05, 3.63) is 138 Å². The van der Waals surface area contributed by atoms with E-state index in [4.69, 9.17) is 0 Å². The normalized spacial score (nSPS) is 11.3. The highest BCUT2D eigenvalue weighted by atomic mass is 15.1. The molecule has 33 heavy (non-hydrogen) atoms. The maximum atomic E-state index is 2.31. The summed E-state index contributed by atoms with van der Waals surface area (Å²) in [5.41, 5.74) is 8.53. The van der Waals surface area contributed by atoms with Crippen LogP contribution in [0.15, 0.2) is 115 Å². The van der Waals surface area contributed by atoms with E-state index in [-0.39, 0.29) is 0 Å². The van der Waals surface area contributed by atoms with E-state index in [0.717, 1.165) is 24.2 Å². The van der Waals surface area contributed by atoms with Gasteiger partial charge in [-0.25, -0.2) is 0 Å². The maximum absolute atomic E-state index is 2.31. The SMILES string of the molecule is CCCc1ccc(N(c2ccccc2)c2ccc(/C=C/C=C/c3ccc(C)cc3)cc2)cc1. The smallest absolute Gasteiger partial charge is 0.0462 e. The summed E-state index contributed by atoms with van der Waals surface area (Å²) in [6.07, 6.45) is 10.7. The fraction of sp³-hybridized carbons (Fsp3) is 0.125. The molecule has 1 nitrogen and oxygen atoms in total. The number of hydrogen-bond donors (Lipinski definition) is 0. The van der Waals surface area contributed by atoms with Crippen LogP contribution in [0, 0.1) is 6.92 Å². The molecule has 0 heterocycles. The molecule has 0 unspecified atom stereocenters. The van der Waals surface area contributed by atoms with Gasteiger partial charge in [0.1, 0.15) is 0 Å². The highest BCUT2D eigenvalue weighted by molar-refractivity contribution is 5.77. The van der Waals surface area contributed by atoms with Crippen LogP contribution in [0.1, 0.15) is 35.6 Å². The Labute approximate surface area is 198 Å². The van der Waals surface area contributed by atoms with Crippen LogP contribution in [0.5, 0.6) is 0 Å². The molecule has 1 heteroatoms. The summed E-state index contributed by atoms with van der Waals surface area (Å²) in [4.78, 5) is 2.31. The van der Waals surface area contributed by atoms with Crippen LogP contribution in [0.25, 0.3) is 12.2 Å². The Kier molecular flexibility index (Phi) is 7.56. The minimum absolute atomic E-state index is 1.12. The summed E-state index contributed by atoms with van der Waals surface area (Å²) in [5, 5.41) is 0. The first-order valence-corrected chi connectivity index (χ1v) is 11.7. The Hall–Kier alpha value is -3.84. The lowest BCUT2D eigenvalue weighted by Crippen LogP contribution is -2.09. The molecule has 0 aliphatic carbocycles. The van der Waals surface area contributed by atoms with Gasteiger partial charge >= 0.3 is 0 Å². The Morgan fingerprint density at radius 1 is 0.576 bits per heavy atom. The topological polar surface area (TPSA) is 3.24 Å². The average molecular weight is 430 g/mol. The Balaban J connectivity index is 1.53. The van der Waals surface area contributed by atoms with Gasteiger partial charge in [-0.15, -0.1) is 0 Å². The molecule has 0 spiro atoms. The second-order valence-corrected chi connectivity index (χ2v) is 8.31. The van der Waals surface area contributed by atoms with Gasteiger partial charge in [0.15, 0.2) is 0 Å². The lowest BCUT2D eigenvalue weighted by Gasteiger charge is -2.25. The standard InChI is InChI=1S/C32H31N/c1-3-9-27-18-22-31(23-19-27)33(30-12-5-4-6-13-30)32-24-20-29(21-25-32)11-8-7-10-28-16-14-26(2)15-17-28/h4-8,10-25H,3,9H2,1-2H3/b10-7+,11-8+. The molecule has 0 bridgehead atoms. The van der Waals surface area contributed by atoms with Gasteiger partial charge in [-0.2, -0.15) is 0 Å². The fourth-order valence-corrected chi connectivity index (χ4v) is 3.87. The van der Waals surface area contributed by atoms with Crippen molar-refractivity contribution >= 4 is 29.2 Å². The zero-order valence-electron chi connectivity index (χ0n) is 19.5. The van der Waals surface area contributed by atoms with E-state index in [1.165, 1.54) is 27.9 Å². The summed E-state index contributed by atoms with van der Waals surface area (Å²) in [6, 6.07) is 36.8. The van der Waals surface area contributed by atoms with Gasteiger partial charge in [-0.3, -0.25) is 0 Å². The second-order valence-electron chi connectivity index (χ2n) is 8.31. The quantitative estimate of drug-likeness (QED) is 0.252. The molecule has 4 rings (SSSR count). The number of hydrogen-bond acceptors (Lipinski definition) is 1. The van der Waals surface area contributed by atoms with Gasteiger partial charge in [-0.05, 0) is 66.4 Å². The second kappa shape index (κ2) is 11.2. The van der Waals surface area contributed by atoms with Gasteiger partial charge in [0, 0.05) is 17.1 Å². The summed E-state index contributed by atoms with van der Waals surface area (Å²) in [7, 11) is 0. The third kappa shape index (κ3) is 6.11. The van der Waals surface area contributed by atoms with Crippen molar-refractivity contribution in [1.29, 1.82) is 0 Å². The minimum atomic E-state index is 1.12. The fourth-order valence-electron chi connectivity index (χ4n) is 3.87. The number of allylic oxidation sites excluding steroid dienone is 2. The van der Waals surface area contributed by atoms with Gasteiger partial charge in [0.05, 0.1) is 0 Å². The largest absolute Gasteiger partial charge is 0.311 e. The van der Waals surface area contributed by atoms with Crippen LogP contribution in [0.2, 0.25) is 0 Å². The zero-order chi connectivity index (χ0) is 22.9. The molecule has 0 radical (unpaired) electrons. The van der Waals surface area contributed by atoms with Crippen molar-refractivity contribution in [3.63, 3.8) is 0 Å². The molecule has 0 amide bonds. The number of rotatable bonds is 8. The van der Waals surface area contributed by atoms with Crippen molar-refractivity contribution in [2.24, 2.45) is 0 Å². The lowest BCUT2D eigenvalue weighted by atomic mass is 10.1. The molecule has 0 saturated heterocycles. The number of nitrogens with zero attached hydrogens (tertiary/aromatic N) is 1. The maximum Gasteiger partial charge on any atom is 0.0462 e. The van der Waals surface area contributed by atoms with Crippen molar-refractivity contribution in [3.8, 4) is 0 Å². The van der Waals surface area contributed by atoms with Crippen LogP contribution in [-0.4, -0.2) is 0 Å².